The van der Waals surface area contributed by atoms with E-state index in [4.69, 9.17) is 4.74 Å². The maximum atomic E-state index is 12.8. The maximum Gasteiger partial charge on any atom is 0.436 e. The van der Waals surface area contributed by atoms with E-state index in [-0.39, 0.29) is 28.7 Å². The van der Waals surface area contributed by atoms with Crippen molar-refractivity contribution in [1.29, 1.82) is 0 Å². The second kappa shape index (κ2) is 7.83. The van der Waals surface area contributed by atoms with E-state index in [1.54, 1.807) is 0 Å². The van der Waals surface area contributed by atoms with E-state index >= 15 is 0 Å². The number of nitrogens with one attached hydrogen (secondary N) is 1. The van der Waals surface area contributed by atoms with E-state index in [1.165, 1.54) is 6.92 Å². The van der Waals surface area contributed by atoms with Crippen LogP contribution in [-0.4, -0.2) is 59.5 Å². The number of ether oxygens (including phenoxy) is 1. The van der Waals surface area contributed by atoms with E-state index in [9.17, 15) is 18.0 Å². The lowest BCUT2D eigenvalue weighted by molar-refractivity contribution is -0.142. The lowest BCUT2D eigenvalue weighted by Gasteiger charge is -2.29. The molecule has 10 heteroatoms. The first kappa shape index (κ1) is 19.2. The average Bonchev–Trinajstić information content (AvgIpc) is 2.76. The summed E-state index contributed by atoms with van der Waals surface area (Å²) in [5.41, 5.74) is -0.757. The van der Waals surface area contributed by atoms with Crippen LogP contribution in [0.4, 0.5) is 13.2 Å². The lowest BCUT2D eigenvalue weighted by Crippen LogP contribution is -2.46. The predicted molar refractivity (Wildman–Crippen MR) is 84.5 cm³/mol. The molecule has 1 aliphatic rings. The number of alkyl halides is 3. The van der Waals surface area contributed by atoms with Crippen LogP contribution in [0.15, 0.2) is 4.47 Å². The van der Waals surface area contributed by atoms with Crippen molar-refractivity contribution in [3.05, 3.63) is 15.9 Å². The molecule has 1 aliphatic heterocycles. The van der Waals surface area contributed by atoms with Crippen LogP contribution in [-0.2, 0) is 22.3 Å². The zero-order valence-corrected chi connectivity index (χ0v) is 15.1. The van der Waals surface area contributed by atoms with Crippen molar-refractivity contribution in [2.45, 2.75) is 32.6 Å². The van der Waals surface area contributed by atoms with Crippen LogP contribution in [0, 0.1) is 6.92 Å². The highest BCUT2D eigenvalue weighted by molar-refractivity contribution is 9.10. The molecular formula is C14H20BrF3N4O2. The van der Waals surface area contributed by atoms with E-state index in [0.717, 1.165) is 17.8 Å². The highest BCUT2D eigenvalue weighted by Gasteiger charge is 2.38. The molecule has 0 spiro atoms. The van der Waals surface area contributed by atoms with Gasteiger partial charge in [-0.2, -0.15) is 18.3 Å². The van der Waals surface area contributed by atoms with E-state index in [0.29, 0.717) is 19.8 Å². The predicted octanol–water partition coefficient (Wildman–Crippen LogP) is 1.81. The Bertz CT molecular complexity index is 585. The molecule has 1 aromatic heterocycles. The number of amides is 1. The van der Waals surface area contributed by atoms with Crippen LogP contribution in [0.3, 0.4) is 0 Å². The zero-order valence-electron chi connectivity index (χ0n) is 13.5. The Hall–Kier alpha value is -1.13. The summed E-state index contributed by atoms with van der Waals surface area (Å²) < 4.78 is 44.7. The zero-order chi connectivity index (χ0) is 17.9. The highest BCUT2D eigenvalue weighted by atomic mass is 79.9. The number of morpholine rings is 1. The minimum atomic E-state index is -4.56. The first-order valence-corrected chi connectivity index (χ1v) is 8.37. The summed E-state index contributed by atoms with van der Waals surface area (Å²) in [5, 5.41) is 6.29. The first-order valence-electron chi connectivity index (χ1n) is 7.58. The summed E-state index contributed by atoms with van der Waals surface area (Å²) in [6.07, 6.45) is -4.56. The fourth-order valence-corrected chi connectivity index (χ4v) is 3.04. The molecule has 1 atom stereocenters. The van der Waals surface area contributed by atoms with Crippen LogP contribution < -0.4 is 5.32 Å². The molecule has 0 saturated carbocycles. The van der Waals surface area contributed by atoms with Crippen molar-refractivity contribution < 1.29 is 22.7 Å². The second-order valence-electron chi connectivity index (χ2n) is 5.78. The van der Waals surface area contributed by atoms with Gasteiger partial charge in [-0.15, -0.1) is 0 Å². The number of hydrogen-bond acceptors (Lipinski definition) is 4. The Labute approximate surface area is 146 Å². The molecule has 2 rings (SSSR count). The third-order valence-corrected chi connectivity index (χ3v) is 4.69. The molecule has 1 N–H and O–H groups in total. The van der Waals surface area contributed by atoms with Crippen LogP contribution >= 0.6 is 15.9 Å². The SMILES string of the molecule is Cc1c(Br)c(C(F)(F)F)nn1CC(=O)N[C@H](C)CN1CCOCC1. The summed E-state index contributed by atoms with van der Waals surface area (Å²) in [5.74, 6) is -0.373. The van der Waals surface area contributed by atoms with Gasteiger partial charge in [0.15, 0.2) is 5.69 Å². The average molecular weight is 413 g/mol. The first-order chi connectivity index (χ1) is 11.2. The molecule has 2 heterocycles. The molecule has 6 nitrogen and oxygen atoms in total. The normalized spacial score (nSPS) is 17.8. The standard InChI is InChI=1S/C14H20BrF3N4O2/c1-9(7-21-3-5-24-6-4-21)19-11(23)8-22-10(2)12(15)13(20-22)14(16,17)18/h9H,3-8H2,1-2H3,(H,19,23)/t9-/m1/s1. The smallest absolute Gasteiger partial charge is 0.379 e. The number of hydrogen-bond donors (Lipinski definition) is 1. The number of carbonyl (C=O) groups excluding carboxylic acids is 1. The van der Waals surface area contributed by atoms with Gasteiger partial charge < -0.3 is 10.1 Å². The van der Waals surface area contributed by atoms with E-state index < -0.39 is 11.9 Å². The van der Waals surface area contributed by atoms with E-state index in [2.05, 4.69) is 31.2 Å². The van der Waals surface area contributed by atoms with Crippen LogP contribution in [0.2, 0.25) is 0 Å². The number of nitrogens with zero attached hydrogens (tertiary/aromatic N) is 3. The minimum absolute atomic E-state index is 0.114. The van der Waals surface area contributed by atoms with Gasteiger partial charge in [0.05, 0.1) is 23.4 Å². The summed E-state index contributed by atoms with van der Waals surface area (Å²) in [7, 11) is 0. The van der Waals surface area contributed by atoms with Crippen molar-refractivity contribution >= 4 is 21.8 Å². The fourth-order valence-electron chi connectivity index (χ4n) is 2.53. The molecule has 0 aliphatic carbocycles. The number of rotatable bonds is 5. The fraction of sp³-hybridized carbons (Fsp3) is 0.714. The van der Waals surface area contributed by atoms with Gasteiger partial charge in [0, 0.05) is 25.7 Å². The molecule has 1 aromatic rings. The molecule has 1 saturated heterocycles. The number of aromatic nitrogens is 2. The van der Waals surface area contributed by atoms with Gasteiger partial charge in [-0.05, 0) is 29.8 Å². The second-order valence-corrected chi connectivity index (χ2v) is 6.58. The van der Waals surface area contributed by atoms with Crippen LogP contribution in [0.25, 0.3) is 0 Å². The Morgan fingerprint density at radius 1 is 1.42 bits per heavy atom. The van der Waals surface area contributed by atoms with Crippen LogP contribution in [0.5, 0.6) is 0 Å². The molecule has 0 unspecified atom stereocenters. The summed E-state index contributed by atoms with van der Waals surface area (Å²) in [6, 6.07) is -0.114. The van der Waals surface area contributed by atoms with Crippen molar-refractivity contribution in [3.63, 3.8) is 0 Å². The lowest BCUT2D eigenvalue weighted by atomic mass is 10.3. The van der Waals surface area contributed by atoms with Crippen LogP contribution in [0.1, 0.15) is 18.3 Å². The minimum Gasteiger partial charge on any atom is -0.379 e. The molecule has 1 fully saturated rings. The van der Waals surface area contributed by atoms with Crippen molar-refractivity contribution in [1.82, 2.24) is 20.0 Å². The quantitative estimate of drug-likeness (QED) is 0.800. The maximum absolute atomic E-state index is 12.8. The monoisotopic (exact) mass is 412 g/mol. The summed E-state index contributed by atoms with van der Waals surface area (Å²) >= 11 is 2.89. The third kappa shape index (κ3) is 4.93. The molecule has 0 radical (unpaired) electrons. The number of carbonyl (C=O) groups is 1. The molecule has 0 aromatic carbocycles. The Balaban J connectivity index is 1.92. The topological polar surface area (TPSA) is 59.4 Å². The van der Waals surface area contributed by atoms with Gasteiger partial charge in [-0.25, -0.2) is 0 Å². The Morgan fingerprint density at radius 2 is 2.04 bits per heavy atom. The van der Waals surface area contributed by atoms with E-state index in [1.807, 2.05) is 6.92 Å². The van der Waals surface area contributed by atoms with Gasteiger partial charge in [0.2, 0.25) is 5.91 Å². The van der Waals surface area contributed by atoms with Gasteiger partial charge in [0.1, 0.15) is 6.54 Å². The summed E-state index contributed by atoms with van der Waals surface area (Å²) in [6.45, 7) is 6.71. The highest BCUT2D eigenvalue weighted by Crippen LogP contribution is 2.35. The molecule has 136 valence electrons. The van der Waals surface area contributed by atoms with Crippen molar-refractivity contribution in [2.24, 2.45) is 0 Å². The van der Waals surface area contributed by atoms with Gasteiger partial charge in [-0.1, -0.05) is 0 Å². The Morgan fingerprint density at radius 3 is 2.58 bits per heavy atom. The Kier molecular flexibility index (Phi) is 6.27. The largest absolute Gasteiger partial charge is 0.436 e. The van der Waals surface area contributed by atoms with Gasteiger partial charge >= 0.3 is 6.18 Å². The van der Waals surface area contributed by atoms with Crippen molar-refractivity contribution in [3.8, 4) is 0 Å². The summed E-state index contributed by atoms with van der Waals surface area (Å²) in [4.78, 5) is 14.2. The molecule has 1 amide bonds. The molecular weight excluding hydrogens is 393 g/mol. The van der Waals surface area contributed by atoms with Gasteiger partial charge in [-0.3, -0.25) is 14.4 Å². The van der Waals surface area contributed by atoms with Gasteiger partial charge in [0.25, 0.3) is 0 Å². The molecule has 0 bridgehead atoms. The van der Waals surface area contributed by atoms with Crippen molar-refractivity contribution in [2.75, 3.05) is 32.8 Å². The third-order valence-electron chi connectivity index (χ3n) is 3.74. The number of halogens is 4. The molecule has 24 heavy (non-hydrogen) atoms.